The van der Waals surface area contributed by atoms with Crippen molar-refractivity contribution in [1.82, 2.24) is 14.2 Å². The van der Waals surface area contributed by atoms with Crippen molar-refractivity contribution in [3.8, 4) is 34.8 Å². The Kier molecular flexibility index (Phi) is 10.8. The van der Waals surface area contributed by atoms with Gasteiger partial charge in [0.05, 0.1) is 42.8 Å². The summed E-state index contributed by atoms with van der Waals surface area (Å²) in [5, 5.41) is 14.0. The Balaban J connectivity index is 1.27. The molecule has 242 valence electrons. The number of ether oxygens (including phenoxy) is 4. The van der Waals surface area contributed by atoms with Crippen LogP contribution in [0.1, 0.15) is 25.8 Å². The molecule has 0 aliphatic carbocycles. The second-order valence-corrected chi connectivity index (χ2v) is 12.9. The van der Waals surface area contributed by atoms with E-state index in [1.54, 1.807) is 24.5 Å². The van der Waals surface area contributed by atoms with Gasteiger partial charge in [0.15, 0.2) is 23.0 Å². The summed E-state index contributed by atoms with van der Waals surface area (Å²) in [7, 11) is -1.54. The number of hydrogen-bond acceptors (Lipinski definition) is 10. The number of piperazine rings is 1. The SMILES string of the molecule is CCOc1cc2c(Nc3ccc(Oc4ccccc4OC)cc3)c(C#N)cnc2cc1OCCCN1CCN(S(=O)(=O)CC)CC1. The molecule has 0 amide bonds. The molecule has 2 heterocycles. The first-order chi connectivity index (χ1) is 22.3. The molecule has 0 spiro atoms. The highest BCUT2D eigenvalue weighted by Gasteiger charge is 2.25. The summed E-state index contributed by atoms with van der Waals surface area (Å²) in [5.41, 5.74) is 2.43. The van der Waals surface area contributed by atoms with Gasteiger partial charge in [0.1, 0.15) is 11.8 Å². The number of fused-ring (bicyclic) bond motifs is 1. The average molecular weight is 646 g/mol. The minimum Gasteiger partial charge on any atom is -0.493 e. The van der Waals surface area contributed by atoms with Crippen molar-refractivity contribution in [1.29, 1.82) is 5.26 Å². The smallest absolute Gasteiger partial charge is 0.213 e. The van der Waals surface area contributed by atoms with Gasteiger partial charge in [0.2, 0.25) is 10.0 Å². The maximum absolute atomic E-state index is 12.1. The summed E-state index contributed by atoms with van der Waals surface area (Å²) in [4.78, 5) is 6.80. The van der Waals surface area contributed by atoms with Crippen LogP contribution in [0.5, 0.6) is 28.7 Å². The summed E-state index contributed by atoms with van der Waals surface area (Å²) in [5.74, 6) is 3.17. The van der Waals surface area contributed by atoms with Gasteiger partial charge in [-0.1, -0.05) is 12.1 Å². The van der Waals surface area contributed by atoms with Crippen molar-refractivity contribution < 1.29 is 27.4 Å². The number of anilines is 2. The zero-order chi connectivity index (χ0) is 32.5. The van der Waals surface area contributed by atoms with Crippen molar-refractivity contribution in [2.24, 2.45) is 0 Å². The highest BCUT2D eigenvalue weighted by molar-refractivity contribution is 7.89. The molecule has 5 rings (SSSR count). The predicted octanol–water partition coefficient (Wildman–Crippen LogP) is 5.79. The van der Waals surface area contributed by atoms with Crippen LogP contribution in [-0.2, 0) is 10.0 Å². The van der Waals surface area contributed by atoms with E-state index in [0.29, 0.717) is 84.9 Å². The van der Waals surface area contributed by atoms with E-state index in [1.807, 2.05) is 67.6 Å². The van der Waals surface area contributed by atoms with Crippen LogP contribution in [-0.4, -0.2) is 81.4 Å². The number of methoxy groups -OCH3 is 1. The van der Waals surface area contributed by atoms with Gasteiger partial charge in [-0.3, -0.25) is 4.98 Å². The fraction of sp³-hybridized carbons (Fsp3) is 0.353. The van der Waals surface area contributed by atoms with Crippen LogP contribution in [0, 0.1) is 11.3 Å². The highest BCUT2D eigenvalue weighted by Crippen LogP contribution is 2.38. The van der Waals surface area contributed by atoms with E-state index < -0.39 is 10.0 Å². The maximum Gasteiger partial charge on any atom is 0.213 e. The summed E-state index contributed by atoms with van der Waals surface area (Å²) < 4.78 is 49.3. The molecular weight excluding hydrogens is 606 g/mol. The molecule has 1 aliphatic heterocycles. The lowest BCUT2D eigenvalue weighted by atomic mass is 10.1. The fourth-order valence-electron chi connectivity index (χ4n) is 5.27. The number of benzene rings is 3. The number of rotatable bonds is 14. The zero-order valence-corrected chi connectivity index (χ0v) is 27.2. The number of sulfonamides is 1. The molecule has 0 unspecified atom stereocenters. The molecule has 1 aromatic heterocycles. The van der Waals surface area contributed by atoms with E-state index in [9.17, 15) is 13.7 Å². The minimum atomic E-state index is -3.14. The molecule has 1 N–H and O–H groups in total. The topological polar surface area (TPSA) is 126 Å². The molecule has 1 aliphatic rings. The molecule has 46 heavy (non-hydrogen) atoms. The second kappa shape index (κ2) is 15.1. The van der Waals surface area contributed by atoms with Crippen LogP contribution in [0.2, 0.25) is 0 Å². The van der Waals surface area contributed by atoms with E-state index >= 15 is 0 Å². The summed E-state index contributed by atoms with van der Waals surface area (Å²) in [6, 6.07) is 20.8. The Morgan fingerprint density at radius 1 is 0.935 bits per heavy atom. The van der Waals surface area contributed by atoms with Crippen LogP contribution in [0.25, 0.3) is 10.9 Å². The summed E-state index contributed by atoms with van der Waals surface area (Å²) in [6.45, 7) is 7.74. The molecule has 11 nitrogen and oxygen atoms in total. The van der Waals surface area contributed by atoms with Crippen molar-refractivity contribution in [3.63, 3.8) is 0 Å². The maximum atomic E-state index is 12.1. The molecule has 1 saturated heterocycles. The molecule has 0 bridgehead atoms. The number of hydrogen-bond donors (Lipinski definition) is 1. The van der Waals surface area contributed by atoms with E-state index in [0.717, 1.165) is 24.0 Å². The first-order valence-electron chi connectivity index (χ1n) is 15.4. The van der Waals surface area contributed by atoms with E-state index in [4.69, 9.17) is 18.9 Å². The third-order valence-electron chi connectivity index (χ3n) is 7.74. The lowest BCUT2D eigenvalue weighted by Gasteiger charge is -2.33. The second-order valence-electron chi connectivity index (χ2n) is 10.7. The van der Waals surface area contributed by atoms with Crippen molar-refractivity contribution in [2.45, 2.75) is 20.3 Å². The molecule has 4 aromatic rings. The first kappa shape index (κ1) is 32.8. The van der Waals surface area contributed by atoms with Crippen molar-refractivity contribution >= 4 is 32.3 Å². The van der Waals surface area contributed by atoms with Gasteiger partial charge in [0, 0.05) is 56.1 Å². The monoisotopic (exact) mass is 645 g/mol. The largest absolute Gasteiger partial charge is 0.493 e. The lowest BCUT2D eigenvalue weighted by Crippen LogP contribution is -2.49. The average Bonchev–Trinajstić information content (AvgIpc) is 3.08. The van der Waals surface area contributed by atoms with Crippen molar-refractivity contribution in [3.05, 3.63) is 72.4 Å². The van der Waals surface area contributed by atoms with Gasteiger partial charge in [-0.15, -0.1) is 0 Å². The van der Waals surface area contributed by atoms with E-state index in [-0.39, 0.29) is 5.75 Å². The molecule has 12 heteroatoms. The van der Waals surface area contributed by atoms with Crippen LogP contribution in [0.3, 0.4) is 0 Å². The van der Waals surface area contributed by atoms with Crippen LogP contribution < -0.4 is 24.3 Å². The van der Waals surface area contributed by atoms with E-state index in [2.05, 4.69) is 21.3 Å². The van der Waals surface area contributed by atoms with Gasteiger partial charge in [-0.05, 0) is 62.7 Å². The Morgan fingerprint density at radius 3 is 2.33 bits per heavy atom. The zero-order valence-electron chi connectivity index (χ0n) is 26.4. The summed E-state index contributed by atoms with van der Waals surface area (Å²) in [6.07, 6.45) is 2.32. The van der Waals surface area contributed by atoms with Crippen LogP contribution in [0.4, 0.5) is 11.4 Å². The van der Waals surface area contributed by atoms with Crippen LogP contribution >= 0.6 is 0 Å². The van der Waals surface area contributed by atoms with Gasteiger partial charge in [-0.2, -0.15) is 9.57 Å². The van der Waals surface area contributed by atoms with Crippen molar-refractivity contribution in [2.75, 3.05) is 64.1 Å². The Morgan fingerprint density at radius 2 is 1.65 bits per heavy atom. The Labute approximate surface area is 270 Å². The normalized spacial score (nSPS) is 14.0. The summed E-state index contributed by atoms with van der Waals surface area (Å²) >= 11 is 0. The Hall–Kier alpha value is -4.57. The Bertz CT molecular complexity index is 1780. The molecule has 3 aromatic carbocycles. The third kappa shape index (κ3) is 7.80. The highest BCUT2D eigenvalue weighted by atomic mass is 32.2. The minimum absolute atomic E-state index is 0.132. The number of pyridine rings is 1. The fourth-order valence-corrected chi connectivity index (χ4v) is 6.35. The standard InChI is InChI=1S/C34H39N5O6S/c1-4-43-32-21-28-29(22-33(32)44-20-8-15-38-16-18-39(19-17-38)46(40,41)5-2)36-24-25(23-35)34(28)37-26-11-13-27(14-12-26)45-31-10-7-6-9-30(31)42-3/h6-7,9-14,21-22,24H,4-5,8,15-20H2,1-3H3,(H,36,37). The lowest BCUT2D eigenvalue weighted by molar-refractivity contribution is 0.173. The number of nitrogens with zero attached hydrogens (tertiary/aromatic N) is 4. The van der Waals surface area contributed by atoms with Gasteiger partial charge in [-0.25, -0.2) is 8.42 Å². The molecule has 0 atom stereocenters. The van der Waals surface area contributed by atoms with Gasteiger partial charge >= 0.3 is 0 Å². The number of nitrogens with one attached hydrogen (secondary N) is 1. The molecule has 0 saturated carbocycles. The molecule has 1 fully saturated rings. The molecule has 0 radical (unpaired) electrons. The van der Waals surface area contributed by atoms with E-state index in [1.165, 1.54) is 0 Å². The molecular formula is C34H39N5O6S. The number of nitriles is 1. The van der Waals surface area contributed by atoms with Gasteiger partial charge in [0.25, 0.3) is 0 Å². The third-order valence-corrected chi connectivity index (χ3v) is 9.62. The van der Waals surface area contributed by atoms with Gasteiger partial charge < -0.3 is 29.2 Å². The van der Waals surface area contributed by atoms with Crippen LogP contribution in [0.15, 0.2) is 66.9 Å². The predicted molar refractivity (Wildman–Crippen MR) is 178 cm³/mol. The quantitative estimate of drug-likeness (QED) is 0.169. The number of aromatic nitrogens is 1. The first-order valence-corrected chi connectivity index (χ1v) is 17.0. The number of para-hydroxylation sites is 2.